The van der Waals surface area contributed by atoms with Gasteiger partial charge in [-0.3, -0.25) is 4.79 Å². The van der Waals surface area contributed by atoms with Crippen LogP contribution in [0.25, 0.3) is 0 Å². The molecule has 3 atom stereocenters. The average Bonchev–Trinajstić information content (AvgIpc) is 2.40. The van der Waals surface area contributed by atoms with Crippen LogP contribution in [0.5, 0.6) is 0 Å². The van der Waals surface area contributed by atoms with Crippen LogP contribution in [0.3, 0.4) is 0 Å². The van der Waals surface area contributed by atoms with Gasteiger partial charge in [0.15, 0.2) is 0 Å². The van der Waals surface area contributed by atoms with Crippen LogP contribution in [0.2, 0.25) is 0 Å². The number of aliphatic carboxylic acids is 1. The van der Waals surface area contributed by atoms with Gasteiger partial charge in [-0.2, -0.15) is 0 Å². The Morgan fingerprint density at radius 2 is 1.89 bits per heavy atom. The van der Waals surface area contributed by atoms with Gasteiger partial charge in [-0.25, -0.2) is 0 Å². The molecule has 0 aliphatic heterocycles. The summed E-state index contributed by atoms with van der Waals surface area (Å²) in [5.41, 5.74) is -0.862. The summed E-state index contributed by atoms with van der Waals surface area (Å²) in [6, 6.07) is 8.55. The Bertz CT molecular complexity index is 468. The smallest absolute Gasteiger partial charge is 0.313 e. The largest absolute Gasteiger partial charge is 0.481 e. The van der Waals surface area contributed by atoms with Gasteiger partial charge in [0.25, 0.3) is 0 Å². The summed E-state index contributed by atoms with van der Waals surface area (Å²) in [5.74, 6) is -2.24. The van der Waals surface area contributed by atoms with Gasteiger partial charge >= 0.3 is 5.97 Å². The summed E-state index contributed by atoms with van der Waals surface area (Å²) >= 11 is 0. The third kappa shape index (κ3) is 2.85. The molecule has 0 bridgehead atoms. The molecule has 3 N–H and O–H groups in total. The van der Waals surface area contributed by atoms with Gasteiger partial charge < -0.3 is 15.3 Å². The minimum absolute atomic E-state index is 0.283. The molecule has 0 aromatic heterocycles. The number of aliphatic hydroxyl groups is 2. The number of aliphatic hydroxyl groups excluding tert-OH is 1. The Kier molecular flexibility index (Phi) is 4.02. The highest BCUT2D eigenvalue weighted by molar-refractivity contribution is 5.77. The fraction of sp³-hybridized carbons (Fsp3) is 0.400. The zero-order chi connectivity index (χ0) is 13.9. The van der Waals surface area contributed by atoms with E-state index in [1.54, 1.807) is 36.4 Å². The first kappa shape index (κ1) is 13.8. The van der Waals surface area contributed by atoms with E-state index in [2.05, 4.69) is 0 Å². The predicted octanol–water partition coefficient (Wildman–Crippen LogP) is 1.69. The van der Waals surface area contributed by atoms with Gasteiger partial charge in [0.1, 0.15) is 12.0 Å². The van der Waals surface area contributed by atoms with Crippen LogP contribution in [0.15, 0.2) is 42.5 Å². The SMILES string of the molecule is O=C(O)[C@H](c1ccccc1)[C@@H](O)[C@@]1(O)CC=CCC1. The van der Waals surface area contributed by atoms with Gasteiger partial charge in [-0.1, -0.05) is 42.5 Å². The lowest BCUT2D eigenvalue weighted by atomic mass is 9.76. The summed E-state index contributed by atoms with van der Waals surface area (Å²) in [6.45, 7) is 0. The van der Waals surface area contributed by atoms with Crippen molar-refractivity contribution in [1.29, 1.82) is 0 Å². The monoisotopic (exact) mass is 262 g/mol. The molecule has 2 rings (SSSR count). The molecule has 4 nitrogen and oxygen atoms in total. The normalized spacial score (nSPS) is 25.8. The maximum atomic E-state index is 11.4. The van der Waals surface area contributed by atoms with Crippen molar-refractivity contribution in [2.45, 2.75) is 36.9 Å². The van der Waals surface area contributed by atoms with Crippen molar-refractivity contribution in [3.8, 4) is 0 Å². The van der Waals surface area contributed by atoms with Gasteiger partial charge in [-0.15, -0.1) is 0 Å². The topological polar surface area (TPSA) is 77.8 Å². The predicted molar refractivity (Wildman–Crippen MR) is 70.8 cm³/mol. The number of carbonyl (C=O) groups is 1. The Morgan fingerprint density at radius 1 is 1.21 bits per heavy atom. The Hall–Kier alpha value is -1.65. The maximum absolute atomic E-state index is 11.4. The minimum Gasteiger partial charge on any atom is -0.481 e. The molecule has 0 spiro atoms. The Balaban J connectivity index is 2.29. The standard InChI is InChI=1S/C15H18O4/c16-13(15(19)9-5-2-6-10-15)12(14(17)18)11-7-3-1-4-8-11/h1-5,7-8,12-13,16,19H,6,9-10H2,(H,17,18)/t12-,13-,15-/m1/s1. The lowest BCUT2D eigenvalue weighted by Crippen LogP contribution is -2.48. The molecule has 1 aromatic carbocycles. The van der Waals surface area contributed by atoms with Crippen LogP contribution in [-0.2, 0) is 4.79 Å². The van der Waals surface area contributed by atoms with Crippen LogP contribution >= 0.6 is 0 Å². The second kappa shape index (κ2) is 5.55. The average molecular weight is 262 g/mol. The minimum atomic E-state index is -1.37. The molecular weight excluding hydrogens is 244 g/mol. The first-order valence-electron chi connectivity index (χ1n) is 6.38. The lowest BCUT2D eigenvalue weighted by molar-refractivity contribution is -0.150. The van der Waals surface area contributed by atoms with E-state index < -0.39 is 23.6 Å². The van der Waals surface area contributed by atoms with E-state index >= 15 is 0 Å². The fourth-order valence-electron chi connectivity index (χ4n) is 2.54. The zero-order valence-corrected chi connectivity index (χ0v) is 10.6. The van der Waals surface area contributed by atoms with Crippen molar-refractivity contribution in [1.82, 2.24) is 0 Å². The number of rotatable bonds is 4. The first-order chi connectivity index (χ1) is 9.04. The van der Waals surface area contributed by atoms with Gasteiger partial charge in [-0.05, 0) is 24.8 Å². The highest BCUT2D eigenvalue weighted by atomic mass is 16.4. The number of benzene rings is 1. The second-order valence-corrected chi connectivity index (χ2v) is 4.99. The second-order valence-electron chi connectivity index (χ2n) is 4.99. The quantitative estimate of drug-likeness (QED) is 0.721. The molecule has 1 aliphatic rings. The molecule has 4 heteroatoms. The molecule has 1 aliphatic carbocycles. The van der Waals surface area contributed by atoms with E-state index in [0.717, 1.165) is 0 Å². The van der Waals surface area contributed by atoms with E-state index in [4.69, 9.17) is 0 Å². The van der Waals surface area contributed by atoms with E-state index in [9.17, 15) is 20.1 Å². The fourth-order valence-corrected chi connectivity index (χ4v) is 2.54. The molecule has 0 radical (unpaired) electrons. The molecule has 0 fully saturated rings. The molecule has 1 aromatic rings. The Labute approximate surface area is 112 Å². The van der Waals surface area contributed by atoms with Gasteiger partial charge in [0.05, 0.1) is 5.60 Å². The molecular formula is C15H18O4. The number of carboxylic acids is 1. The summed E-state index contributed by atoms with van der Waals surface area (Å²) in [4.78, 5) is 11.4. The van der Waals surface area contributed by atoms with Crippen LogP contribution in [0.4, 0.5) is 0 Å². The van der Waals surface area contributed by atoms with E-state index in [-0.39, 0.29) is 6.42 Å². The summed E-state index contributed by atoms with van der Waals surface area (Å²) in [5, 5.41) is 30.2. The molecule has 0 heterocycles. The van der Waals surface area contributed by atoms with Crippen LogP contribution in [0.1, 0.15) is 30.7 Å². The lowest BCUT2D eigenvalue weighted by Gasteiger charge is -2.37. The van der Waals surface area contributed by atoms with Crippen molar-refractivity contribution in [2.75, 3.05) is 0 Å². The Morgan fingerprint density at radius 3 is 2.42 bits per heavy atom. The number of carboxylic acid groups (broad SMARTS) is 1. The molecule has 102 valence electrons. The molecule has 19 heavy (non-hydrogen) atoms. The number of hydrogen-bond acceptors (Lipinski definition) is 3. The third-order valence-corrected chi connectivity index (χ3v) is 3.67. The van der Waals surface area contributed by atoms with E-state index in [0.29, 0.717) is 18.4 Å². The van der Waals surface area contributed by atoms with Crippen molar-refractivity contribution < 1.29 is 20.1 Å². The molecule has 0 saturated carbocycles. The van der Waals surface area contributed by atoms with Crippen molar-refractivity contribution in [3.63, 3.8) is 0 Å². The van der Waals surface area contributed by atoms with Gasteiger partial charge in [0, 0.05) is 0 Å². The van der Waals surface area contributed by atoms with Crippen LogP contribution in [-0.4, -0.2) is 33.0 Å². The summed E-state index contributed by atoms with van der Waals surface area (Å²) in [7, 11) is 0. The first-order valence-corrected chi connectivity index (χ1v) is 6.38. The van der Waals surface area contributed by atoms with Gasteiger partial charge in [0.2, 0.25) is 0 Å². The van der Waals surface area contributed by atoms with Crippen LogP contribution < -0.4 is 0 Å². The molecule has 0 amide bonds. The van der Waals surface area contributed by atoms with E-state index in [1.807, 2.05) is 6.08 Å². The van der Waals surface area contributed by atoms with E-state index in [1.165, 1.54) is 0 Å². The maximum Gasteiger partial charge on any atom is 0.313 e. The summed E-state index contributed by atoms with van der Waals surface area (Å²) in [6.07, 6.45) is 3.70. The summed E-state index contributed by atoms with van der Waals surface area (Å²) < 4.78 is 0. The highest BCUT2D eigenvalue weighted by Crippen LogP contribution is 2.34. The zero-order valence-electron chi connectivity index (χ0n) is 10.6. The number of hydrogen-bond donors (Lipinski definition) is 3. The number of allylic oxidation sites excluding steroid dienone is 1. The van der Waals surface area contributed by atoms with Crippen molar-refractivity contribution in [3.05, 3.63) is 48.0 Å². The third-order valence-electron chi connectivity index (χ3n) is 3.67. The van der Waals surface area contributed by atoms with Crippen LogP contribution in [0, 0.1) is 0 Å². The molecule has 0 saturated heterocycles. The van der Waals surface area contributed by atoms with Crippen molar-refractivity contribution >= 4 is 5.97 Å². The highest BCUT2D eigenvalue weighted by Gasteiger charge is 2.43. The van der Waals surface area contributed by atoms with Crippen molar-refractivity contribution in [2.24, 2.45) is 0 Å². The molecule has 0 unspecified atom stereocenters.